The molecule has 1 saturated heterocycles. The minimum absolute atomic E-state index is 0.379. The third-order valence-electron chi connectivity index (χ3n) is 3.94. The van der Waals surface area contributed by atoms with Crippen LogP contribution in [0.4, 0.5) is 5.82 Å². The van der Waals surface area contributed by atoms with Crippen molar-refractivity contribution in [2.45, 2.75) is 58.0 Å². The van der Waals surface area contributed by atoms with Crippen molar-refractivity contribution < 1.29 is 0 Å². The van der Waals surface area contributed by atoms with Gasteiger partial charge in [-0.2, -0.15) is 0 Å². The summed E-state index contributed by atoms with van der Waals surface area (Å²) in [6.07, 6.45) is 5.13. The molecule has 1 aliphatic rings. The molecule has 18 heavy (non-hydrogen) atoms. The van der Waals surface area contributed by atoms with Gasteiger partial charge in [0.05, 0.1) is 5.69 Å². The summed E-state index contributed by atoms with van der Waals surface area (Å²) < 4.78 is 1.99. The third kappa shape index (κ3) is 2.83. The highest BCUT2D eigenvalue weighted by molar-refractivity contribution is 5.35. The monoisotopic (exact) mass is 251 g/mol. The van der Waals surface area contributed by atoms with Gasteiger partial charge >= 0.3 is 0 Å². The van der Waals surface area contributed by atoms with Crippen LogP contribution in [0.2, 0.25) is 0 Å². The van der Waals surface area contributed by atoms with E-state index in [-0.39, 0.29) is 0 Å². The number of anilines is 1. The number of nitrogen functional groups attached to an aromatic ring is 1. The summed E-state index contributed by atoms with van der Waals surface area (Å²) in [5.74, 6) is 0.964. The van der Waals surface area contributed by atoms with Crippen LogP contribution in [0, 0.1) is 0 Å². The highest BCUT2D eigenvalue weighted by Gasteiger charge is 2.20. The number of rotatable bonds is 4. The fourth-order valence-corrected chi connectivity index (χ4v) is 2.87. The van der Waals surface area contributed by atoms with Gasteiger partial charge in [-0.3, -0.25) is 0 Å². The topological polar surface area (TPSA) is 60.0 Å². The number of nitrogens with two attached hydrogens (primary N) is 1. The second-order valence-corrected chi connectivity index (χ2v) is 5.66. The van der Waals surface area contributed by atoms with Crippen LogP contribution in [-0.2, 0) is 6.54 Å². The predicted octanol–water partition coefficient (Wildman–Crippen LogP) is 1.86. The molecule has 2 heterocycles. The smallest absolute Gasteiger partial charge is 0.169 e. The van der Waals surface area contributed by atoms with Gasteiger partial charge in [0.25, 0.3) is 0 Å². The fraction of sp³-hybridized carbons (Fsp3) is 0.846. The minimum atomic E-state index is 0.379. The lowest BCUT2D eigenvalue weighted by Crippen LogP contribution is -2.37. The van der Waals surface area contributed by atoms with Crippen molar-refractivity contribution >= 4 is 5.82 Å². The average molecular weight is 251 g/mol. The zero-order valence-corrected chi connectivity index (χ0v) is 11.8. The van der Waals surface area contributed by atoms with Gasteiger partial charge in [-0.05, 0) is 38.8 Å². The molecule has 0 bridgehead atoms. The zero-order valence-electron chi connectivity index (χ0n) is 11.8. The zero-order chi connectivity index (χ0) is 13.1. The van der Waals surface area contributed by atoms with Crippen molar-refractivity contribution in [2.24, 2.45) is 0 Å². The summed E-state index contributed by atoms with van der Waals surface area (Å²) in [5.41, 5.74) is 6.95. The normalized spacial score (nSPS) is 21.7. The molecule has 1 fully saturated rings. The van der Waals surface area contributed by atoms with Crippen molar-refractivity contribution in [2.75, 3.05) is 19.3 Å². The summed E-state index contributed by atoms with van der Waals surface area (Å²) in [5, 5.41) is 8.17. The van der Waals surface area contributed by atoms with E-state index in [0.717, 1.165) is 18.7 Å². The molecule has 1 unspecified atom stereocenters. The van der Waals surface area contributed by atoms with E-state index >= 15 is 0 Å². The molecule has 0 aliphatic carbocycles. The SMILES string of the molecule is CC(C)c1c(N)nnn1CCC1CCCCN1C. The van der Waals surface area contributed by atoms with Crippen molar-refractivity contribution in [3.05, 3.63) is 5.69 Å². The van der Waals surface area contributed by atoms with Crippen molar-refractivity contribution in [1.82, 2.24) is 19.9 Å². The van der Waals surface area contributed by atoms with Crippen LogP contribution in [0.15, 0.2) is 0 Å². The van der Waals surface area contributed by atoms with Crippen LogP contribution in [-0.4, -0.2) is 39.5 Å². The Hall–Kier alpha value is -1.10. The van der Waals surface area contributed by atoms with Crippen LogP contribution in [0.25, 0.3) is 0 Å². The number of nitrogens with zero attached hydrogens (tertiary/aromatic N) is 4. The van der Waals surface area contributed by atoms with Gasteiger partial charge in [0.15, 0.2) is 5.82 Å². The van der Waals surface area contributed by atoms with E-state index < -0.39 is 0 Å². The van der Waals surface area contributed by atoms with Gasteiger partial charge in [-0.25, -0.2) is 4.68 Å². The van der Waals surface area contributed by atoms with Crippen LogP contribution in [0.3, 0.4) is 0 Å². The van der Waals surface area contributed by atoms with E-state index in [0.29, 0.717) is 17.8 Å². The third-order valence-corrected chi connectivity index (χ3v) is 3.94. The number of aryl methyl sites for hydroxylation is 1. The first-order valence-electron chi connectivity index (χ1n) is 6.98. The molecule has 5 heteroatoms. The Balaban J connectivity index is 1.97. The van der Waals surface area contributed by atoms with Crippen molar-refractivity contribution in [1.29, 1.82) is 0 Å². The molecule has 2 rings (SSSR count). The highest BCUT2D eigenvalue weighted by Crippen LogP contribution is 2.22. The lowest BCUT2D eigenvalue weighted by molar-refractivity contribution is 0.169. The fourth-order valence-electron chi connectivity index (χ4n) is 2.87. The maximum absolute atomic E-state index is 5.87. The summed E-state index contributed by atoms with van der Waals surface area (Å²) in [7, 11) is 2.23. The van der Waals surface area contributed by atoms with Crippen LogP contribution in [0.5, 0.6) is 0 Å². The highest BCUT2D eigenvalue weighted by atomic mass is 15.4. The Labute approximate surface area is 109 Å². The standard InChI is InChI=1S/C13H25N5/c1-10(2)12-13(14)15-16-18(12)9-7-11-6-4-5-8-17(11)3/h10-11H,4-9,14H2,1-3H3. The summed E-state index contributed by atoms with van der Waals surface area (Å²) in [6, 6.07) is 0.684. The Morgan fingerprint density at radius 1 is 1.39 bits per heavy atom. The molecule has 0 radical (unpaired) electrons. The molecule has 0 aromatic carbocycles. The molecule has 0 amide bonds. The lowest BCUT2D eigenvalue weighted by atomic mass is 10.00. The number of piperidine rings is 1. The molecule has 102 valence electrons. The quantitative estimate of drug-likeness (QED) is 0.887. The summed E-state index contributed by atoms with van der Waals surface area (Å²) >= 11 is 0. The predicted molar refractivity (Wildman–Crippen MR) is 73.4 cm³/mol. The number of aromatic nitrogens is 3. The Morgan fingerprint density at radius 3 is 2.83 bits per heavy atom. The second kappa shape index (κ2) is 5.69. The average Bonchev–Trinajstić information content (AvgIpc) is 2.69. The van der Waals surface area contributed by atoms with Gasteiger partial charge in [0, 0.05) is 12.6 Å². The van der Waals surface area contributed by atoms with E-state index in [1.807, 2.05) is 4.68 Å². The minimum Gasteiger partial charge on any atom is -0.381 e. The molecule has 1 aromatic heterocycles. The Morgan fingerprint density at radius 2 is 2.17 bits per heavy atom. The Bertz CT molecular complexity index is 385. The van der Waals surface area contributed by atoms with Gasteiger partial charge in [0.1, 0.15) is 0 Å². The molecule has 1 atom stereocenters. The van der Waals surface area contributed by atoms with Gasteiger partial charge in [-0.15, -0.1) is 5.10 Å². The largest absolute Gasteiger partial charge is 0.381 e. The number of hydrogen-bond donors (Lipinski definition) is 1. The first-order valence-corrected chi connectivity index (χ1v) is 6.98. The molecule has 0 spiro atoms. The first kappa shape index (κ1) is 13.3. The molecule has 2 N–H and O–H groups in total. The van der Waals surface area contributed by atoms with Crippen molar-refractivity contribution in [3.63, 3.8) is 0 Å². The van der Waals surface area contributed by atoms with Crippen LogP contribution >= 0.6 is 0 Å². The molecule has 0 saturated carbocycles. The molecule has 5 nitrogen and oxygen atoms in total. The van der Waals surface area contributed by atoms with E-state index in [1.165, 1.54) is 25.8 Å². The Kier molecular flexibility index (Phi) is 4.22. The first-order chi connectivity index (χ1) is 8.59. The summed E-state index contributed by atoms with van der Waals surface area (Å²) in [6.45, 7) is 6.42. The van der Waals surface area contributed by atoms with E-state index in [4.69, 9.17) is 5.73 Å². The number of likely N-dealkylation sites (tertiary alicyclic amines) is 1. The van der Waals surface area contributed by atoms with Crippen molar-refractivity contribution in [3.8, 4) is 0 Å². The number of hydrogen-bond acceptors (Lipinski definition) is 4. The molecule has 1 aromatic rings. The van der Waals surface area contributed by atoms with E-state index in [2.05, 4.69) is 36.1 Å². The molecule has 1 aliphatic heterocycles. The second-order valence-electron chi connectivity index (χ2n) is 5.66. The van der Waals surface area contributed by atoms with Gasteiger partial charge in [-0.1, -0.05) is 25.5 Å². The van der Waals surface area contributed by atoms with E-state index in [9.17, 15) is 0 Å². The summed E-state index contributed by atoms with van der Waals surface area (Å²) in [4.78, 5) is 2.47. The maximum atomic E-state index is 5.87. The molecular formula is C13H25N5. The van der Waals surface area contributed by atoms with Crippen LogP contribution in [0.1, 0.15) is 51.1 Å². The van der Waals surface area contributed by atoms with Crippen LogP contribution < -0.4 is 5.73 Å². The van der Waals surface area contributed by atoms with Gasteiger partial charge < -0.3 is 10.6 Å². The lowest BCUT2D eigenvalue weighted by Gasteiger charge is -2.32. The van der Waals surface area contributed by atoms with E-state index in [1.54, 1.807) is 0 Å². The molecular weight excluding hydrogens is 226 g/mol. The maximum Gasteiger partial charge on any atom is 0.169 e. The van der Waals surface area contributed by atoms with Gasteiger partial charge in [0.2, 0.25) is 0 Å².